The minimum absolute atomic E-state index is 0.102. The monoisotopic (exact) mass is 245 g/mol. The van der Waals surface area contributed by atoms with Crippen molar-refractivity contribution in [2.75, 3.05) is 40.0 Å². The Morgan fingerprint density at radius 2 is 2.06 bits per heavy atom. The van der Waals surface area contributed by atoms with Gasteiger partial charge in [-0.3, -0.25) is 0 Å². The van der Waals surface area contributed by atoms with E-state index in [1.165, 1.54) is 0 Å². The predicted molar refractivity (Wildman–Crippen MR) is 68.1 cm³/mol. The molecule has 0 aromatic heterocycles. The maximum Gasteiger partial charge on any atom is 0.0698 e. The van der Waals surface area contributed by atoms with Gasteiger partial charge in [0.15, 0.2) is 0 Å². The Labute approximate surface area is 105 Å². The fourth-order valence-electron chi connectivity index (χ4n) is 2.63. The van der Waals surface area contributed by atoms with Crippen molar-refractivity contribution in [2.24, 2.45) is 5.41 Å². The smallest absolute Gasteiger partial charge is 0.0698 e. The van der Waals surface area contributed by atoms with Crippen molar-refractivity contribution in [3.05, 3.63) is 0 Å². The van der Waals surface area contributed by atoms with Gasteiger partial charge in [-0.25, -0.2) is 0 Å². The summed E-state index contributed by atoms with van der Waals surface area (Å²) < 4.78 is 11.0. The molecule has 0 bridgehead atoms. The van der Waals surface area contributed by atoms with Gasteiger partial charge in [0.2, 0.25) is 0 Å². The Balaban J connectivity index is 2.27. The van der Waals surface area contributed by atoms with Gasteiger partial charge in [-0.2, -0.15) is 0 Å². The van der Waals surface area contributed by atoms with E-state index in [0.29, 0.717) is 25.4 Å². The van der Waals surface area contributed by atoms with E-state index >= 15 is 0 Å². The number of aliphatic hydroxyl groups excluding tert-OH is 1. The van der Waals surface area contributed by atoms with E-state index < -0.39 is 0 Å². The molecule has 1 N–H and O–H groups in total. The van der Waals surface area contributed by atoms with Crippen LogP contribution in [-0.4, -0.2) is 62.2 Å². The largest absolute Gasteiger partial charge is 0.394 e. The van der Waals surface area contributed by atoms with Crippen molar-refractivity contribution >= 4 is 0 Å². The molecule has 0 radical (unpaired) electrons. The fraction of sp³-hybridized carbons (Fsp3) is 1.00. The highest BCUT2D eigenvalue weighted by Crippen LogP contribution is 2.45. The second kappa shape index (κ2) is 6.69. The second-order valence-electron chi connectivity index (χ2n) is 5.33. The first-order valence-corrected chi connectivity index (χ1v) is 6.54. The number of nitrogens with zero attached hydrogens (tertiary/aromatic N) is 1. The third-order valence-electron chi connectivity index (χ3n) is 3.85. The van der Waals surface area contributed by atoms with Crippen molar-refractivity contribution in [1.82, 2.24) is 4.90 Å². The van der Waals surface area contributed by atoms with E-state index in [4.69, 9.17) is 14.6 Å². The highest BCUT2D eigenvalue weighted by Gasteiger charge is 2.50. The molecule has 1 aliphatic rings. The number of hydrogen-bond donors (Lipinski definition) is 1. The number of rotatable bonds is 8. The summed E-state index contributed by atoms with van der Waals surface area (Å²) in [5, 5.41) is 8.62. The molecule has 2 atom stereocenters. The lowest BCUT2D eigenvalue weighted by Gasteiger charge is -2.55. The van der Waals surface area contributed by atoms with Gasteiger partial charge in [0.1, 0.15) is 0 Å². The van der Waals surface area contributed by atoms with E-state index in [-0.39, 0.29) is 12.0 Å². The van der Waals surface area contributed by atoms with Crippen molar-refractivity contribution in [1.29, 1.82) is 0 Å². The van der Waals surface area contributed by atoms with Crippen LogP contribution in [0.4, 0.5) is 0 Å². The molecule has 102 valence electrons. The van der Waals surface area contributed by atoms with Crippen LogP contribution in [0, 0.1) is 5.41 Å². The highest BCUT2D eigenvalue weighted by molar-refractivity contribution is 5.03. The quantitative estimate of drug-likeness (QED) is 0.651. The maximum absolute atomic E-state index is 8.62. The molecule has 0 aromatic rings. The van der Waals surface area contributed by atoms with Crippen LogP contribution in [-0.2, 0) is 9.47 Å². The lowest BCUT2D eigenvalue weighted by Crippen LogP contribution is -2.61. The van der Waals surface area contributed by atoms with Crippen LogP contribution in [0.25, 0.3) is 0 Å². The summed E-state index contributed by atoms with van der Waals surface area (Å²) in [7, 11) is 2.14. The van der Waals surface area contributed by atoms with Crippen LogP contribution in [0.15, 0.2) is 0 Å². The van der Waals surface area contributed by atoms with Crippen LogP contribution in [0.2, 0.25) is 0 Å². The number of likely N-dealkylation sites (N-methyl/N-ethyl adjacent to an activating group) is 1. The average Bonchev–Trinajstić information content (AvgIpc) is 2.29. The molecule has 1 saturated carbocycles. The van der Waals surface area contributed by atoms with Gasteiger partial charge in [-0.1, -0.05) is 13.8 Å². The molecule has 4 nitrogen and oxygen atoms in total. The molecule has 17 heavy (non-hydrogen) atoms. The minimum atomic E-state index is 0.102. The van der Waals surface area contributed by atoms with E-state index in [1.807, 2.05) is 0 Å². The van der Waals surface area contributed by atoms with Gasteiger partial charge in [0.05, 0.1) is 25.9 Å². The third kappa shape index (κ3) is 3.65. The minimum Gasteiger partial charge on any atom is -0.394 e. The van der Waals surface area contributed by atoms with Gasteiger partial charge in [0, 0.05) is 24.6 Å². The van der Waals surface area contributed by atoms with E-state index in [2.05, 4.69) is 32.7 Å². The lowest BCUT2D eigenvalue weighted by atomic mass is 9.64. The maximum atomic E-state index is 8.62. The highest BCUT2D eigenvalue weighted by atomic mass is 16.5. The molecule has 1 aliphatic carbocycles. The summed E-state index contributed by atoms with van der Waals surface area (Å²) in [6, 6.07) is 0.566. The SMILES string of the molecule is CCOC1CC(N(C)CCOCCO)C1(C)C. The first kappa shape index (κ1) is 14.9. The van der Waals surface area contributed by atoms with E-state index in [1.54, 1.807) is 0 Å². The van der Waals surface area contributed by atoms with Crippen molar-refractivity contribution in [3.63, 3.8) is 0 Å². The Morgan fingerprint density at radius 3 is 2.59 bits per heavy atom. The second-order valence-corrected chi connectivity index (χ2v) is 5.33. The molecular formula is C13H27NO3. The number of aliphatic hydroxyl groups is 1. The zero-order valence-electron chi connectivity index (χ0n) is 11.6. The Morgan fingerprint density at radius 1 is 1.35 bits per heavy atom. The van der Waals surface area contributed by atoms with Crippen LogP contribution in [0.3, 0.4) is 0 Å². The van der Waals surface area contributed by atoms with Gasteiger partial charge >= 0.3 is 0 Å². The lowest BCUT2D eigenvalue weighted by molar-refractivity contribution is -0.147. The fourth-order valence-corrected chi connectivity index (χ4v) is 2.63. The Bertz CT molecular complexity index is 221. The molecule has 0 spiro atoms. The Hall–Kier alpha value is -0.160. The summed E-state index contributed by atoms with van der Waals surface area (Å²) in [4.78, 5) is 2.34. The topological polar surface area (TPSA) is 41.9 Å². The molecule has 0 heterocycles. The van der Waals surface area contributed by atoms with Crippen LogP contribution >= 0.6 is 0 Å². The van der Waals surface area contributed by atoms with Crippen LogP contribution in [0.5, 0.6) is 0 Å². The predicted octanol–water partition coefficient (Wildman–Crippen LogP) is 1.13. The van der Waals surface area contributed by atoms with Gasteiger partial charge in [-0.05, 0) is 20.4 Å². The summed E-state index contributed by atoms with van der Waals surface area (Å²) in [5.41, 5.74) is 0.224. The number of ether oxygens (including phenoxy) is 2. The van der Waals surface area contributed by atoms with E-state index in [9.17, 15) is 0 Å². The summed E-state index contributed by atoms with van der Waals surface area (Å²) in [5.74, 6) is 0. The molecule has 0 aromatic carbocycles. The first-order valence-electron chi connectivity index (χ1n) is 6.54. The zero-order valence-corrected chi connectivity index (χ0v) is 11.6. The molecule has 0 saturated heterocycles. The molecule has 1 fully saturated rings. The van der Waals surface area contributed by atoms with Crippen molar-refractivity contribution in [2.45, 2.75) is 39.3 Å². The summed E-state index contributed by atoms with van der Waals surface area (Å²) >= 11 is 0. The number of hydrogen-bond acceptors (Lipinski definition) is 4. The molecule has 2 unspecified atom stereocenters. The van der Waals surface area contributed by atoms with Gasteiger partial charge < -0.3 is 19.5 Å². The third-order valence-corrected chi connectivity index (χ3v) is 3.85. The average molecular weight is 245 g/mol. The molecule has 0 aliphatic heterocycles. The van der Waals surface area contributed by atoms with E-state index in [0.717, 1.165) is 19.6 Å². The summed E-state index contributed by atoms with van der Waals surface area (Å²) in [6.07, 6.45) is 1.50. The van der Waals surface area contributed by atoms with Gasteiger partial charge in [0.25, 0.3) is 0 Å². The molecule has 4 heteroatoms. The standard InChI is InChI=1S/C13H27NO3/c1-5-17-12-10-11(13(12,2)3)14(4)6-8-16-9-7-15/h11-12,15H,5-10H2,1-4H3. The van der Waals surface area contributed by atoms with Crippen LogP contribution < -0.4 is 0 Å². The zero-order chi connectivity index (χ0) is 12.9. The first-order chi connectivity index (χ1) is 8.04. The molecule has 0 amide bonds. The van der Waals surface area contributed by atoms with Crippen LogP contribution in [0.1, 0.15) is 27.2 Å². The molecule has 1 rings (SSSR count). The van der Waals surface area contributed by atoms with Crippen molar-refractivity contribution in [3.8, 4) is 0 Å². The Kier molecular flexibility index (Phi) is 5.86. The normalized spacial score (nSPS) is 27.2. The van der Waals surface area contributed by atoms with Gasteiger partial charge in [-0.15, -0.1) is 0 Å². The molecular weight excluding hydrogens is 218 g/mol. The summed E-state index contributed by atoms with van der Waals surface area (Å²) in [6.45, 7) is 9.52. The van der Waals surface area contributed by atoms with Crippen molar-refractivity contribution < 1.29 is 14.6 Å².